The van der Waals surface area contributed by atoms with Gasteiger partial charge in [-0.1, -0.05) is 29.8 Å². The first-order valence-corrected chi connectivity index (χ1v) is 8.42. The van der Waals surface area contributed by atoms with Gasteiger partial charge < -0.3 is 5.32 Å². The average molecular weight is 368 g/mol. The van der Waals surface area contributed by atoms with Crippen molar-refractivity contribution in [3.63, 3.8) is 0 Å². The van der Waals surface area contributed by atoms with Crippen molar-refractivity contribution < 1.29 is 9.72 Å². The molecule has 0 aliphatic rings. The minimum Gasteiger partial charge on any atom is -0.322 e. The summed E-state index contributed by atoms with van der Waals surface area (Å²) in [7, 11) is 0. The molecule has 0 spiro atoms. The molecule has 2 aromatic heterocycles. The lowest BCUT2D eigenvalue weighted by molar-refractivity contribution is -0.385. The summed E-state index contributed by atoms with van der Waals surface area (Å²) in [6, 6.07) is 7.44. The Balaban J connectivity index is 1.66. The molecule has 2 heterocycles. The third-order valence-electron chi connectivity index (χ3n) is 4.33. The number of aromatic nitrogens is 4. The Morgan fingerprint density at radius 2 is 1.93 bits per heavy atom. The summed E-state index contributed by atoms with van der Waals surface area (Å²) in [6.07, 6.45) is 4.46. The van der Waals surface area contributed by atoms with Crippen molar-refractivity contribution in [3.05, 3.63) is 69.8 Å². The van der Waals surface area contributed by atoms with E-state index in [-0.39, 0.29) is 11.6 Å². The van der Waals surface area contributed by atoms with E-state index >= 15 is 0 Å². The first kappa shape index (κ1) is 18.3. The average Bonchev–Trinajstić information content (AvgIpc) is 3.22. The van der Waals surface area contributed by atoms with Crippen LogP contribution in [-0.4, -0.2) is 30.4 Å². The van der Waals surface area contributed by atoms with E-state index in [4.69, 9.17) is 0 Å². The minimum atomic E-state index is -0.695. The molecule has 1 aromatic carbocycles. The summed E-state index contributed by atoms with van der Waals surface area (Å²) < 4.78 is 3.07. The first-order chi connectivity index (χ1) is 12.8. The number of carbonyl (C=O) groups is 1. The summed E-state index contributed by atoms with van der Waals surface area (Å²) in [6.45, 7) is 5.82. The number of benzene rings is 1. The van der Waals surface area contributed by atoms with E-state index in [1.54, 1.807) is 30.9 Å². The normalized spacial score (nSPS) is 12.0. The number of nitrogens with one attached hydrogen (secondary N) is 1. The zero-order chi connectivity index (χ0) is 19.6. The molecule has 1 amide bonds. The number of anilines is 1. The van der Waals surface area contributed by atoms with Crippen LogP contribution in [0.5, 0.6) is 0 Å². The number of amides is 1. The van der Waals surface area contributed by atoms with Crippen LogP contribution in [0.4, 0.5) is 11.4 Å². The standard InChI is InChI=1S/C18H20N6O3/c1-12-4-6-15(7-5-12)10-22-11-16(8-19-22)21-18(25)14(3)23-13(2)17(9-20-23)24(26)27/h4-9,11,14H,10H2,1-3H3,(H,21,25). The van der Waals surface area contributed by atoms with Crippen LogP contribution in [0.3, 0.4) is 0 Å². The molecule has 0 fully saturated rings. The maximum atomic E-state index is 12.5. The Morgan fingerprint density at radius 3 is 2.56 bits per heavy atom. The van der Waals surface area contributed by atoms with Gasteiger partial charge in [0, 0.05) is 6.20 Å². The number of hydrogen-bond donors (Lipinski definition) is 1. The van der Waals surface area contributed by atoms with Gasteiger partial charge in [0.25, 0.3) is 0 Å². The lowest BCUT2D eigenvalue weighted by Gasteiger charge is -2.13. The van der Waals surface area contributed by atoms with Crippen molar-refractivity contribution in [2.24, 2.45) is 0 Å². The molecule has 0 bridgehead atoms. The Hall–Kier alpha value is -3.49. The lowest BCUT2D eigenvalue weighted by atomic mass is 10.1. The largest absolute Gasteiger partial charge is 0.322 e. The number of hydrogen-bond acceptors (Lipinski definition) is 5. The van der Waals surface area contributed by atoms with Gasteiger partial charge in [-0.3, -0.25) is 24.3 Å². The van der Waals surface area contributed by atoms with E-state index in [1.807, 2.05) is 31.2 Å². The highest BCUT2D eigenvalue weighted by Crippen LogP contribution is 2.21. The fraction of sp³-hybridized carbons (Fsp3) is 0.278. The maximum Gasteiger partial charge on any atom is 0.309 e. The number of rotatable bonds is 6. The Kier molecular flexibility index (Phi) is 5.02. The smallest absolute Gasteiger partial charge is 0.309 e. The topological polar surface area (TPSA) is 108 Å². The molecule has 3 aromatic rings. The van der Waals surface area contributed by atoms with Crippen LogP contribution in [0.25, 0.3) is 0 Å². The summed E-state index contributed by atoms with van der Waals surface area (Å²) in [5.41, 5.74) is 3.07. The minimum absolute atomic E-state index is 0.111. The fourth-order valence-electron chi connectivity index (χ4n) is 2.74. The lowest BCUT2D eigenvalue weighted by Crippen LogP contribution is -2.25. The van der Waals surface area contributed by atoms with Crippen molar-refractivity contribution in [1.29, 1.82) is 0 Å². The van der Waals surface area contributed by atoms with Crippen LogP contribution < -0.4 is 5.32 Å². The molecule has 0 aliphatic heterocycles. The van der Waals surface area contributed by atoms with Gasteiger partial charge in [-0.25, -0.2) is 0 Å². The SMILES string of the molecule is Cc1ccc(Cn2cc(NC(=O)C(C)n3ncc([N+](=O)[O-])c3C)cn2)cc1. The quantitative estimate of drug-likeness (QED) is 0.532. The second-order valence-electron chi connectivity index (χ2n) is 6.39. The summed E-state index contributed by atoms with van der Waals surface area (Å²) >= 11 is 0. The fourth-order valence-corrected chi connectivity index (χ4v) is 2.74. The Bertz CT molecular complexity index is 973. The van der Waals surface area contributed by atoms with E-state index < -0.39 is 11.0 Å². The van der Waals surface area contributed by atoms with Gasteiger partial charge in [0.2, 0.25) is 5.91 Å². The molecule has 1 atom stereocenters. The Labute approximate surface area is 155 Å². The monoisotopic (exact) mass is 368 g/mol. The van der Waals surface area contributed by atoms with E-state index in [9.17, 15) is 14.9 Å². The molecular weight excluding hydrogens is 348 g/mol. The third kappa shape index (κ3) is 4.02. The number of nitro groups is 1. The highest BCUT2D eigenvalue weighted by atomic mass is 16.6. The zero-order valence-electron chi connectivity index (χ0n) is 15.3. The second-order valence-corrected chi connectivity index (χ2v) is 6.39. The van der Waals surface area contributed by atoms with Crippen LogP contribution in [0, 0.1) is 24.0 Å². The van der Waals surface area contributed by atoms with Crippen molar-refractivity contribution in [1.82, 2.24) is 19.6 Å². The summed E-state index contributed by atoms with van der Waals surface area (Å²) in [5.74, 6) is -0.328. The van der Waals surface area contributed by atoms with Crippen molar-refractivity contribution in [3.8, 4) is 0 Å². The van der Waals surface area contributed by atoms with Crippen LogP contribution in [0.2, 0.25) is 0 Å². The van der Waals surface area contributed by atoms with Crippen molar-refractivity contribution in [2.75, 3.05) is 5.32 Å². The van der Waals surface area contributed by atoms with E-state index in [0.29, 0.717) is 17.9 Å². The predicted octanol–water partition coefficient (Wildman–Crippen LogP) is 2.85. The van der Waals surface area contributed by atoms with Gasteiger partial charge in [-0.05, 0) is 26.3 Å². The van der Waals surface area contributed by atoms with Crippen LogP contribution in [0.1, 0.15) is 29.8 Å². The summed E-state index contributed by atoms with van der Waals surface area (Å²) in [5, 5.41) is 21.9. The molecule has 9 heteroatoms. The molecule has 9 nitrogen and oxygen atoms in total. The molecule has 27 heavy (non-hydrogen) atoms. The molecule has 0 saturated carbocycles. The maximum absolute atomic E-state index is 12.5. The number of carbonyl (C=O) groups excluding carboxylic acids is 1. The van der Waals surface area contributed by atoms with Gasteiger partial charge in [-0.2, -0.15) is 10.2 Å². The molecule has 140 valence electrons. The Morgan fingerprint density at radius 1 is 1.22 bits per heavy atom. The van der Waals surface area contributed by atoms with Gasteiger partial charge in [0.15, 0.2) is 0 Å². The highest BCUT2D eigenvalue weighted by Gasteiger charge is 2.24. The molecule has 0 aliphatic carbocycles. The van der Waals surface area contributed by atoms with Crippen LogP contribution in [0.15, 0.2) is 42.9 Å². The molecule has 3 rings (SSSR count). The first-order valence-electron chi connectivity index (χ1n) is 8.42. The van der Waals surface area contributed by atoms with E-state index in [2.05, 4.69) is 15.5 Å². The van der Waals surface area contributed by atoms with Crippen LogP contribution in [-0.2, 0) is 11.3 Å². The number of aryl methyl sites for hydroxylation is 1. The zero-order valence-corrected chi connectivity index (χ0v) is 15.3. The van der Waals surface area contributed by atoms with E-state index in [0.717, 1.165) is 11.8 Å². The van der Waals surface area contributed by atoms with E-state index in [1.165, 1.54) is 10.2 Å². The predicted molar refractivity (Wildman–Crippen MR) is 99.5 cm³/mol. The van der Waals surface area contributed by atoms with Gasteiger partial charge in [0.05, 0.1) is 23.4 Å². The van der Waals surface area contributed by atoms with Gasteiger partial charge >= 0.3 is 5.69 Å². The second kappa shape index (κ2) is 7.40. The van der Waals surface area contributed by atoms with Gasteiger partial charge in [-0.15, -0.1) is 0 Å². The molecule has 1 N–H and O–H groups in total. The molecule has 1 unspecified atom stereocenters. The summed E-state index contributed by atoms with van der Waals surface area (Å²) in [4.78, 5) is 22.9. The molecule has 0 radical (unpaired) electrons. The molecular formula is C18H20N6O3. The van der Waals surface area contributed by atoms with Crippen molar-refractivity contribution in [2.45, 2.75) is 33.4 Å². The van der Waals surface area contributed by atoms with Crippen LogP contribution >= 0.6 is 0 Å². The number of nitrogens with zero attached hydrogens (tertiary/aromatic N) is 5. The highest BCUT2D eigenvalue weighted by molar-refractivity contribution is 5.93. The molecule has 0 saturated heterocycles. The van der Waals surface area contributed by atoms with Crippen molar-refractivity contribution >= 4 is 17.3 Å². The third-order valence-corrected chi connectivity index (χ3v) is 4.33. The van der Waals surface area contributed by atoms with Gasteiger partial charge in [0.1, 0.15) is 17.9 Å².